The number of primary sulfonamides is 1. The number of sulfonamides is 1. The summed E-state index contributed by atoms with van der Waals surface area (Å²) in [6, 6.07) is 5.96. The number of carbonyl (C=O) groups excluding carboxylic acids is 1. The summed E-state index contributed by atoms with van der Waals surface area (Å²) in [4.78, 5) is 12.9. The van der Waals surface area contributed by atoms with E-state index in [-0.39, 0.29) is 10.7 Å². The third-order valence-corrected chi connectivity index (χ3v) is 5.30. The highest BCUT2D eigenvalue weighted by molar-refractivity contribution is 7.89. The largest absolute Gasteiger partial charge is 0.478 e. The third kappa shape index (κ3) is 2.98. The van der Waals surface area contributed by atoms with Gasteiger partial charge in [-0.05, 0) is 37.6 Å². The molecule has 7 nitrogen and oxygen atoms in total. The molecular weight excluding hydrogens is 342 g/mol. The number of aryl methyl sites for hydroxylation is 1. The number of nitrogens with two attached hydrogens (primary N) is 1. The fraction of sp³-hybridized carbons (Fsp3) is 0.294. The molecular formula is C17H19N3O4S. The fourth-order valence-electron chi connectivity index (χ4n) is 2.73. The Bertz CT molecular complexity index is 974. The van der Waals surface area contributed by atoms with Gasteiger partial charge in [-0.25, -0.2) is 13.6 Å². The molecule has 132 valence electrons. The highest BCUT2D eigenvalue weighted by Crippen LogP contribution is 2.42. The van der Waals surface area contributed by atoms with Crippen molar-refractivity contribution >= 4 is 27.1 Å². The van der Waals surface area contributed by atoms with Crippen LogP contribution in [-0.2, 0) is 26.6 Å². The Balaban J connectivity index is 2.15. The molecule has 0 radical (unpaired) electrons. The van der Waals surface area contributed by atoms with Crippen LogP contribution in [0.1, 0.15) is 31.4 Å². The van der Waals surface area contributed by atoms with Gasteiger partial charge in [0.05, 0.1) is 16.7 Å². The molecule has 1 atom stereocenters. The second-order valence-electron chi connectivity index (χ2n) is 6.19. The molecule has 1 aliphatic heterocycles. The molecule has 2 heterocycles. The first-order chi connectivity index (χ1) is 11.7. The zero-order valence-electron chi connectivity index (χ0n) is 14.2. The van der Waals surface area contributed by atoms with Gasteiger partial charge in [0.25, 0.3) is 0 Å². The van der Waals surface area contributed by atoms with Crippen LogP contribution in [0.2, 0.25) is 0 Å². The number of nitrogens with zero attached hydrogens (tertiary/aromatic N) is 2. The first-order valence-electron chi connectivity index (χ1n) is 7.76. The highest BCUT2D eigenvalue weighted by Gasteiger charge is 2.45. The predicted octanol–water partition coefficient (Wildman–Crippen LogP) is 1.70. The summed E-state index contributed by atoms with van der Waals surface area (Å²) in [6.07, 6.45) is 3.86. The van der Waals surface area contributed by atoms with Crippen LogP contribution in [0.4, 0.5) is 0 Å². The normalized spacial score (nSPS) is 20.9. The number of hydrogen-bond donors (Lipinski definition) is 1. The van der Waals surface area contributed by atoms with Crippen LogP contribution in [0.5, 0.6) is 0 Å². The molecule has 0 fully saturated rings. The number of aromatic nitrogens is 2. The van der Waals surface area contributed by atoms with Gasteiger partial charge < -0.3 is 4.74 Å². The highest BCUT2D eigenvalue weighted by atomic mass is 32.2. The standard InChI is InChI=1S/C17H19N3O4S/c1-4-17(2)16(21)14(12-9-19-20(3)10-12)15(24-17)11-5-7-13(8-6-11)25(18,22)23/h5-10H,4H2,1-3H3,(H2,18,22,23). The molecule has 0 aliphatic carbocycles. The molecule has 2 aromatic rings. The van der Waals surface area contributed by atoms with Gasteiger partial charge in [-0.1, -0.05) is 6.92 Å². The van der Waals surface area contributed by atoms with Crippen LogP contribution in [0.15, 0.2) is 41.6 Å². The van der Waals surface area contributed by atoms with Crippen molar-refractivity contribution < 1.29 is 17.9 Å². The van der Waals surface area contributed by atoms with Crippen LogP contribution in [-0.4, -0.2) is 29.6 Å². The topological polar surface area (TPSA) is 104 Å². The van der Waals surface area contributed by atoms with E-state index in [0.29, 0.717) is 28.9 Å². The molecule has 25 heavy (non-hydrogen) atoms. The van der Waals surface area contributed by atoms with E-state index >= 15 is 0 Å². The smallest absolute Gasteiger partial charge is 0.238 e. The Kier molecular flexibility index (Phi) is 4.04. The molecule has 1 aromatic heterocycles. The second-order valence-corrected chi connectivity index (χ2v) is 7.75. The monoisotopic (exact) mass is 361 g/mol. The minimum atomic E-state index is -3.78. The quantitative estimate of drug-likeness (QED) is 0.892. The fourth-order valence-corrected chi connectivity index (χ4v) is 3.25. The lowest BCUT2D eigenvalue weighted by Gasteiger charge is -2.21. The molecule has 0 amide bonds. The van der Waals surface area contributed by atoms with Crippen LogP contribution in [0.3, 0.4) is 0 Å². The Morgan fingerprint density at radius 1 is 1.24 bits per heavy atom. The van der Waals surface area contributed by atoms with Gasteiger partial charge in [-0.2, -0.15) is 5.10 Å². The molecule has 0 saturated heterocycles. The summed E-state index contributed by atoms with van der Waals surface area (Å²) in [5, 5.41) is 9.25. The van der Waals surface area contributed by atoms with Crippen molar-refractivity contribution in [2.45, 2.75) is 30.8 Å². The Morgan fingerprint density at radius 2 is 1.88 bits per heavy atom. The van der Waals surface area contributed by atoms with E-state index in [9.17, 15) is 13.2 Å². The zero-order valence-corrected chi connectivity index (χ0v) is 15.0. The molecule has 3 rings (SSSR count). The van der Waals surface area contributed by atoms with Gasteiger partial charge in [0.15, 0.2) is 5.60 Å². The Morgan fingerprint density at radius 3 is 2.36 bits per heavy atom. The van der Waals surface area contributed by atoms with Crippen molar-refractivity contribution in [2.75, 3.05) is 0 Å². The van der Waals surface area contributed by atoms with Crippen molar-refractivity contribution in [3.8, 4) is 0 Å². The maximum Gasteiger partial charge on any atom is 0.238 e. The maximum absolute atomic E-state index is 12.9. The lowest BCUT2D eigenvalue weighted by molar-refractivity contribution is -0.126. The van der Waals surface area contributed by atoms with E-state index in [1.54, 1.807) is 43.2 Å². The summed E-state index contributed by atoms with van der Waals surface area (Å²) in [7, 11) is -2.01. The van der Waals surface area contributed by atoms with Crippen molar-refractivity contribution in [3.05, 3.63) is 47.8 Å². The summed E-state index contributed by atoms with van der Waals surface area (Å²) in [6.45, 7) is 3.63. The number of benzene rings is 1. The molecule has 0 spiro atoms. The summed E-state index contributed by atoms with van der Waals surface area (Å²) in [5.74, 6) is 0.303. The number of hydrogen-bond acceptors (Lipinski definition) is 5. The Labute approximate surface area is 146 Å². The number of Topliss-reactive ketones (excluding diaryl/α,β-unsaturated/α-hetero) is 1. The number of ketones is 1. The maximum atomic E-state index is 12.9. The SMILES string of the molecule is CCC1(C)OC(c2ccc(S(N)(=O)=O)cc2)=C(c2cnn(C)c2)C1=O. The predicted molar refractivity (Wildman–Crippen MR) is 92.6 cm³/mol. The van der Waals surface area contributed by atoms with Crippen molar-refractivity contribution in [1.82, 2.24) is 9.78 Å². The lowest BCUT2D eigenvalue weighted by atomic mass is 9.91. The number of ether oxygens (including phenoxy) is 1. The van der Waals surface area contributed by atoms with Gasteiger partial charge in [0.2, 0.25) is 15.8 Å². The molecule has 2 N–H and O–H groups in total. The first kappa shape index (κ1) is 17.4. The van der Waals surface area contributed by atoms with Crippen LogP contribution in [0.25, 0.3) is 11.3 Å². The number of carbonyl (C=O) groups is 1. The van der Waals surface area contributed by atoms with Crippen LogP contribution in [0, 0.1) is 0 Å². The third-order valence-electron chi connectivity index (χ3n) is 4.38. The van der Waals surface area contributed by atoms with Crippen molar-refractivity contribution in [3.63, 3.8) is 0 Å². The van der Waals surface area contributed by atoms with E-state index in [1.807, 2.05) is 6.92 Å². The number of rotatable bonds is 4. The van der Waals surface area contributed by atoms with Gasteiger partial charge in [-0.3, -0.25) is 9.48 Å². The van der Waals surface area contributed by atoms with Gasteiger partial charge in [-0.15, -0.1) is 0 Å². The summed E-state index contributed by atoms with van der Waals surface area (Å²) >= 11 is 0. The average molecular weight is 361 g/mol. The Hall–Kier alpha value is -2.45. The van der Waals surface area contributed by atoms with E-state index in [4.69, 9.17) is 9.88 Å². The molecule has 0 saturated carbocycles. The molecule has 1 unspecified atom stereocenters. The van der Waals surface area contributed by atoms with E-state index < -0.39 is 15.6 Å². The van der Waals surface area contributed by atoms with E-state index in [0.717, 1.165) is 0 Å². The minimum absolute atomic E-state index is 0.00218. The van der Waals surface area contributed by atoms with Crippen LogP contribution >= 0.6 is 0 Å². The van der Waals surface area contributed by atoms with E-state index in [1.165, 1.54) is 12.1 Å². The van der Waals surface area contributed by atoms with Gasteiger partial charge >= 0.3 is 0 Å². The zero-order chi connectivity index (χ0) is 18.4. The van der Waals surface area contributed by atoms with Crippen molar-refractivity contribution in [1.29, 1.82) is 0 Å². The van der Waals surface area contributed by atoms with Gasteiger partial charge in [0.1, 0.15) is 5.76 Å². The molecule has 0 bridgehead atoms. The second kappa shape index (κ2) is 5.82. The average Bonchev–Trinajstić information content (AvgIpc) is 3.09. The first-order valence-corrected chi connectivity index (χ1v) is 9.30. The summed E-state index contributed by atoms with van der Waals surface area (Å²) in [5.41, 5.74) is 0.756. The van der Waals surface area contributed by atoms with Gasteiger partial charge in [0, 0.05) is 24.4 Å². The van der Waals surface area contributed by atoms with Crippen LogP contribution < -0.4 is 5.14 Å². The van der Waals surface area contributed by atoms with Crippen molar-refractivity contribution in [2.24, 2.45) is 12.2 Å². The van der Waals surface area contributed by atoms with E-state index in [2.05, 4.69) is 5.10 Å². The lowest BCUT2D eigenvalue weighted by Crippen LogP contribution is -2.32. The summed E-state index contributed by atoms with van der Waals surface area (Å²) < 4.78 is 30.5. The molecule has 8 heteroatoms. The minimum Gasteiger partial charge on any atom is -0.478 e. The molecule has 1 aliphatic rings. The molecule has 1 aromatic carbocycles.